The maximum absolute atomic E-state index is 11.8. The topological polar surface area (TPSA) is 69.0 Å². The number of carbonyl (C=O) groups excluding carboxylic acids is 1. The van der Waals surface area contributed by atoms with Crippen LogP contribution in [-0.2, 0) is 13.5 Å². The Kier molecular flexibility index (Phi) is 5.95. The van der Waals surface area contributed by atoms with Gasteiger partial charge in [0.25, 0.3) is 5.91 Å². The first-order valence-electron chi connectivity index (χ1n) is 10.8. The molecule has 1 amide bonds. The molecule has 0 fully saturated rings. The summed E-state index contributed by atoms with van der Waals surface area (Å²) < 4.78 is 8.10. The van der Waals surface area contributed by atoms with Gasteiger partial charge in [-0.1, -0.05) is 32.0 Å². The number of nitrogens with one attached hydrogen (secondary N) is 1. The Hall–Kier alpha value is -3.67. The van der Waals surface area contributed by atoms with Gasteiger partial charge in [0.2, 0.25) is 0 Å². The summed E-state index contributed by atoms with van der Waals surface area (Å²) in [5.74, 6) is 2.45. The van der Waals surface area contributed by atoms with E-state index in [-0.39, 0.29) is 5.91 Å². The van der Waals surface area contributed by atoms with E-state index in [1.807, 2.05) is 25.2 Å². The second-order valence-electron chi connectivity index (χ2n) is 8.32. The lowest BCUT2D eigenvalue weighted by molar-refractivity contribution is 0.0958. The fraction of sp³-hybridized carbons (Fsp3) is 0.269. The van der Waals surface area contributed by atoms with Gasteiger partial charge in [0.1, 0.15) is 23.0 Å². The minimum atomic E-state index is -0.253. The van der Waals surface area contributed by atoms with Crippen LogP contribution < -0.4 is 10.1 Å². The Morgan fingerprint density at radius 3 is 2.62 bits per heavy atom. The van der Waals surface area contributed by atoms with Crippen molar-refractivity contribution >= 4 is 16.9 Å². The molecule has 0 radical (unpaired) electrons. The quantitative estimate of drug-likeness (QED) is 0.462. The summed E-state index contributed by atoms with van der Waals surface area (Å²) in [6.45, 7) is 6.61. The third-order valence-corrected chi connectivity index (χ3v) is 5.70. The Bertz CT molecular complexity index is 1290. The molecular weight excluding hydrogens is 400 g/mol. The molecule has 0 saturated carbocycles. The van der Waals surface area contributed by atoms with Crippen molar-refractivity contribution in [3.63, 3.8) is 0 Å². The SMILES string of the molecule is CNC(=O)c1cc(Oc2ccc3c(c2)nc(Cc2ccc(C)c(C(C)C)c2)n3C)ccn1. The number of imidazole rings is 1. The molecule has 6 nitrogen and oxygen atoms in total. The minimum Gasteiger partial charge on any atom is -0.457 e. The predicted octanol–water partition coefficient (Wildman–Crippen LogP) is 5.14. The number of aryl methyl sites for hydroxylation is 2. The van der Waals surface area contributed by atoms with Crippen molar-refractivity contribution in [2.45, 2.75) is 33.1 Å². The molecule has 1 N–H and O–H groups in total. The van der Waals surface area contributed by atoms with Crippen molar-refractivity contribution in [1.82, 2.24) is 19.9 Å². The van der Waals surface area contributed by atoms with Crippen LogP contribution in [0.15, 0.2) is 54.7 Å². The molecule has 0 aliphatic rings. The molecule has 0 atom stereocenters. The van der Waals surface area contributed by atoms with Crippen LogP contribution in [0.2, 0.25) is 0 Å². The second-order valence-corrected chi connectivity index (χ2v) is 8.32. The summed E-state index contributed by atoms with van der Waals surface area (Å²) in [6, 6.07) is 15.9. The molecule has 2 aromatic carbocycles. The number of rotatable bonds is 6. The first-order chi connectivity index (χ1) is 15.4. The van der Waals surface area contributed by atoms with Gasteiger partial charge in [-0.3, -0.25) is 9.78 Å². The number of pyridine rings is 1. The maximum Gasteiger partial charge on any atom is 0.269 e. The van der Waals surface area contributed by atoms with Crippen molar-refractivity contribution in [2.75, 3.05) is 7.05 Å². The van der Waals surface area contributed by atoms with E-state index in [9.17, 15) is 4.79 Å². The number of hydrogen-bond acceptors (Lipinski definition) is 4. The number of benzene rings is 2. The van der Waals surface area contributed by atoms with Gasteiger partial charge in [0.05, 0.1) is 11.0 Å². The Balaban J connectivity index is 1.60. The number of aromatic nitrogens is 3. The molecule has 6 heteroatoms. The van der Waals surface area contributed by atoms with Crippen molar-refractivity contribution in [2.24, 2.45) is 7.05 Å². The van der Waals surface area contributed by atoms with E-state index in [4.69, 9.17) is 9.72 Å². The second kappa shape index (κ2) is 8.83. The van der Waals surface area contributed by atoms with E-state index in [1.54, 1.807) is 25.4 Å². The average molecular weight is 429 g/mol. The lowest BCUT2D eigenvalue weighted by Gasteiger charge is -2.12. The monoisotopic (exact) mass is 428 g/mol. The van der Waals surface area contributed by atoms with Crippen molar-refractivity contribution < 1.29 is 9.53 Å². The van der Waals surface area contributed by atoms with Gasteiger partial charge >= 0.3 is 0 Å². The molecule has 4 aromatic rings. The molecule has 0 bridgehead atoms. The van der Waals surface area contributed by atoms with Gasteiger partial charge in [0.15, 0.2) is 0 Å². The van der Waals surface area contributed by atoms with Gasteiger partial charge in [-0.25, -0.2) is 4.98 Å². The third-order valence-electron chi connectivity index (χ3n) is 5.70. The first kappa shape index (κ1) is 21.6. The van der Waals surface area contributed by atoms with Crippen molar-refractivity contribution in [3.8, 4) is 11.5 Å². The normalized spacial score (nSPS) is 11.2. The highest BCUT2D eigenvalue weighted by atomic mass is 16.5. The number of amides is 1. The van der Waals surface area contributed by atoms with Crippen molar-refractivity contribution in [3.05, 3.63) is 82.9 Å². The molecule has 0 aliphatic heterocycles. The number of carbonyl (C=O) groups is 1. The number of fused-ring (bicyclic) bond motifs is 1. The highest BCUT2D eigenvalue weighted by Gasteiger charge is 2.12. The molecule has 0 saturated heterocycles. The predicted molar refractivity (Wildman–Crippen MR) is 126 cm³/mol. The molecule has 0 spiro atoms. The molecule has 2 aromatic heterocycles. The highest BCUT2D eigenvalue weighted by Crippen LogP contribution is 2.27. The molecule has 0 aliphatic carbocycles. The first-order valence-corrected chi connectivity index (χ1v) is 10.8. The van der Waals surface area contributed by atoms with Crippen LogP contribution >= 0.6 is 0 Å². The van der Waals surface area contributed by atoms with Gasteiger partial charge in [0, 0.05) is 38.8 Å². The van der Waals surface area contributed by atoms with Crippen LogP contribution in [0.25, 0.3) is 11.0 Å². The molecule has 0 unspecified atom stereocenters. The summed E-state index contributed by atoms with van der Waals surface area (Å²) in [7, 11) is 3.62. The number of hydrogen-bond donors (Lipinski definition) is 1. The molecule has 2 heterocycles. The zero-order chi connectivity index (χ0) is 22.8. The zero-order valence-electron chi connectivity index (χ0n) is 19.1. The highest BCUT2D eigenvalue weighted by molar-refractivity contribution is 5.92. The largest absolute Gasteiger partial charge is 0.457 e. The van der Waals surface area contributed by atoms with Gasteiger partial charge in [-0.05, 0) is 47.7 Å². The van der Waals surface area contributed by atoms with Gasteiger partial charge in [-0.15, -0.1) is 0 Å². The fourth-order valence-corrected chi connectivity index (χ4v) is 3.92. The summed E-state index contributed by atoms with van der Waals surface area (Å²) in [5.41, 5.74) is 6.19. The van der Waals surface area contributed by atoms with Crippen LogP contribution in [0.5, 0.6) is 11.5 Å². The lowest BCUT2D eigenvalue weighted by atomic mass is 9.95. The van der Waals surface area contributed by atoms with E-state index < -0.39 is 0 Å². The summed E-state index contributed by atoms with van der Waals surface area (Å²) in [4.78, 5) is 20.8. The standard InChI is InChI=1S/C26H28N4O2/c1-16(2)21-12-18(7-6-17(21)3)13-25-29-22-14-19(8-9-24(22)30(25)5)32-20-10-11-28-23(15-20)26(31)27-4/h6-12,14-16H,13H2,1-5H3,(H,27,31). The zero-order valence-corrected chi connectivity index (χ0v) is 19.1. The van der Waals surface area contributed by atoms with Crippen LogP contribution in [0.3, 0.4) is 0 Å². The smallest absolute Gasteiger partial charge is 0.269 e. The van der Waals surface area contributed by atoms with Gasteiger partial charge < -0.3 is 14.6 Å². The van der Waals surface area contributed by atoms with Gasteiger partial charge in [-0.2, -0.15) is 0 Å². The summed E-state index contributed by atoms with van der Waals surface area (Å²) >= 11 is 0. The van der Waals surface area contributed by atoms with Crippen LogP contribution in [0.4, 0.5) is 0 Å². The average Bonchev–Trinajstić information content (AvgIpc) is 3.09. The number of nitrogens with zero attached hydrogens (tertiary/aromatic N) is 3. The summed E-state index contributed by atoms with van der Waals surface area (Å²) in [5, 5.41) is 2.57. The van der Waals surface area contributed by atoms with E-state index in [2.05, 4.69) is 53.8 Å². The van der Waals surface area contributed by atoms with Crippen LogP contribution in [0.1, 0.15) is 52.8 Å². The Morgan fingerprint density at radius 2 is 1.88 bits per heavy atom. The number of ether oxygens (including phenoxy) is 1. The van der Waals surface area contributed by atoms with E-state index in [1.165, 1.54) is 16.7 Å². The van der Waals surface area contributed by atoms with E-state index >= 15 is 0 Å². The van der Waals surface area contributed by atoms with E-state index in [0.29, 0.717) is 23.1 Å². The fourth-order valence-electron chi connectivity index (χ4n) is 3.92. The molecule has 32 heavy (non-hydrogen) atoms. The molecular formula is C26H28N4O2. The minimum absolute atomic E-state index is 0.253. The Labute approximate surface area is 188 Å². The Morgan fingerprint density at radius 1 is 1.09 bits per heavy atom. The third kappa shape index (κ3) is 4.35. The van der Waals surface area contributed by atoms with Crippen molar-refractivity contribution in [1.29, 1.82) is 0 Å². The van der Waals surface area contributed by atoms with E-state index in [0.717, 1.165) is 23.3 Å². The molecule has 164 valence electrons. The summed E-state index contributed by atoms with van der Waals surface area (Å²) in [6.07, 6.45) is 2.32. The van der Waals surface area contributed by atoms with Crippen LogP contribution in [-0.4, -0.2) is 27.5 Å². The van der Waals surface area contributed by atoms with Crippen LogP contribution in [0, 0.1) is 6.92 Å². The molecule has 4 rings (SSSR count). The maximum atomic E-state index is 11.8. The lowest BCUT2D eigenvalue weighted by Crippen LogP contribution is -2.18.